The zero-order chi connectivity index (χ0) is 28.9. The maximum Gasteiger partial charge on any atom is 0.410 e. The van der Waals surface area contributed by atoms with Gasteiger partial charge >= 0.3 is 6.09 Å². The number of halogens is 2. The third-order valence-electron chi connectivity index (χ3n) is 7.28. The molecule has 3 aromatic carbocycles. The number of carbonyl (C=O) groups excluding carboxylic acids is 1. The highest BCUT2D eigenvalue weighted by Crippen LogP contribution is 2.27. The number of nitrogens with zero attached hydrogens (tertiary/aromatic N) is 2. The van der Waals surface area contributed by atoms with Crippen molar-refractivity contribution >= 4 is 11.8 Å². The topological polar surface area (TPSA) is 44.8 Å². The van der Waals surface area contributed by atoms with Crippen molar-refractivity contribution in [3.05, 3.63) is 101 Å². The van der Waals surface area contributed by atoms with Crippen molar-refractivity contribution in [3.8, 4) is 0 Å². The Hall–Kier alpha value is -3.45. The van der Waals surface area contributed by atoms with Crippen LogP contribution in [0.3, 0.4) is 0 Å². The van der Waals surface area contributed by atoms with Crippen molar-refractivity contribution in [2.75, 3.05) is 18.5 Å². The van der Waals surface area contributed by atoms with Crippen LogP contribution in [0.5, 0.6) is 0 Å². The van der Waals surface area contributed by atoms with Crippen molar-refractivity contribution in [3.63, 3.8) is 0 Å². The number of carbonyl (C=O) groups is 1. The van der Waals surface area contributed by atoms with E-state index < -0.39 is 5.54 Å². The Morgan fingerprint density at radius 1 is 0.975 bits per heavy atom. The van der Waals surface area contributed by atoms with Gasteiger partial charge in [-0.3, -0.25) is 9.80 Å². The van der Waals surface area contributed by atoms with Crippen LogP contribution < -0.4 is 5.32 Å². The highest BCUT2D eigenvalue weighted by Gasteiger charge is 2.30. The molecule has 0 saturated carbocycles. The summed E-state index contributed by atoms with van der Waals surface area (Å²) >= 11 is 0. The minimum Gasteiger partial charge on any atom is -0.448 e. The summed E-state index contributed by atoms with van der Waals surface area (Å²) in [6, 6.07) is 20.0. The van der Waals surface area contributed by atoms with Crippen molar-refractivity contribution in [2.45, 2.75) is 78.2 Å². The van der Waals surface area contributed by atoms with Crippen LogP contribution >= 0.6 is 0 Å². The van der Waals surface area contributed by atoms with E-state index in [9.17, 15) is 13.6 Å². The van der Waals surface area contributed by atoms with Gasteiger partial charge in [0.05, 0.1) is 0 Å². The molecule has 0 saturated heterocycles. The molecule has 1 N–H and O–H groups in total. The molecular weight excluding hydrogens is 508 g/mol. The molecule has 0 aliphatic carbocycles. The molecule has 1 aliphatic heterocycles. The Labute approximate surface area is 237 Å². The smallest absolute Gasteiger partial charge is 0.410 e. The molecule has 0 bridgehead atoms. The fourth-order valence-corrected chi connectivity index (χ4v) is 5.15. The quantitative estimate of drug-likeness (QED) is 0.307. The number of ether oxygens (including phenoxy) is 1. The van der Waals surface area contributed by atoms with Crippen LogP contribution in [-0.4, -0.2) is 46.7 Å². The number of benzene rings is 3. The summed E-state index contributed by atoms with van der Waals surface area (Å²) in [6.07, 6.45) is 1.01. The number of anilines is 1. The van der Waals surface area contributed by atoms with Gasteiger partial charge in [0, 0.05) is 42.9 Å². The number of hydrogen-bond acceptors (Lipinski definition) is 4. The largest absolute Gasteiger partial charge is 0.448 e. The molecule has 40 heavy (non-hydrogen) atoms. The Morgan fingerprint density at radius 3 is 2.27 bits per heavy atom. The van der Waals surface area contributed by atoms with E-state index in [2.05, 4.69) is 24.1 Å². The standard InChI is InChI=1S/C33H41F2N3O2/c1-23(2)36-30-14-8-25(9-15-30)21-38(33(3,4)5)32(39)40-17-16-37-22-26-10-13-29(35)19-27(26)20-31(37)18-24-6-11-28(34)12-7-24/h6-15,19,23,31,36H,16-18,20-22H2,1-5H3. The predicted molar refractivity (Wildman–Crippen MR) is 156 cm³/mol. The monoisotopic (exact) mass is 549 g/mol. The molecule has 1 heterocycles. The fraction of sp³-hybridized carbons (Fsp3) is 0.424. The van der Waals surface area contributed by atoms with Crippen LogP contribution in [0.4, 0.5) is 19.3 Å². The van der Waals surface area contributed by atoms with Gasteiger partial charge in [0.1, 0.15) is 18.2 Å². The van der Waals surface area contributed by atoms with E-state index in [1.807, 2.05) is 51.1 Å². The van der Waals surface area contributed by atoms with Crippen LogP contribution in [0.2, 0.25) is 0 Å². The normalized spacial score (nSPS) is 15.6. The SMILES string of the molecule is CC(C)Nc1ccc(CN(C(=O)OCCN2Cc3ccc(F)cc3CC2Cc2ccc(F)cc2)C(C)(C)C)cc1. The predicted octanol–water partition coefficient (Wildman–Crippen LogP) is 7.19. The Morgan fingerprint density at radius 2 is 1.62 bits per heavy atom. The highest BCUT2D eigenvalue weighted by molar-refractivity contribution is 5.68. The van der Waals surface area contributed by atoms with Gasteiger partial charge in [-0.1, -0.05) is 30.3 Å². The van der Waals surface area contributed by atoms with E-state index in [0.717, 1.165) is 27.9 Å². The summed E-state index contributed by atoms with van der Waals surface area (Å²) in [4.78, 5) is 17.3. The lowest BCUT2D eigenvalue weighted by Gasteiger charge is -2.38. The first kappa shape index (κ1) is 29.5. The van der Waals surface area contributed by atoms with Gasteiger partial charge in [-0.25, -0.2) is 13.6 Å². The highest BCUT2D eigenvalue weighted by atomic mass is 19.1. The molecule has 0 aromatic heterocycles. The first-order valence-electron chi connectivity index (χ1n) is 14.0. The summed E-state index contributed by atoms with van der Waals surface area (Å²) < 4.78 is 33.3. The molecular formula is C33H41F2N3O2. The van der Waals surface area contributed by atoms with E-state index in [1.54, 1.807) is 23.1 Å². The molecule has 0 spiro atoms. The molecule has 7 heteroatoms. The Bertz CT molecular complexity index is 1270. The summed E-state index contributed by atoms with van der Waals surface area (Å²) in [6.45, 7) is 12.1. The van der Waals surface area contributed by atoms with Crippen molar-refractivity contribution in [1.29, 1.82) is 0 Å². The van der Waals surface area contributed by atoms with Crippen LogP contribution in [0.25, 0.3) is 0 Å². The molecule has 1 amide bonds. The van der Waals surface area contributed by atoms with E-state index >= 15 is 0 Å². The number of rotatable bonds is 9. The lowest BCUT2D eigenvalue weighted by atomic mass is 9.90. The van der Waals surface area contributed by atoms with Gasteiger partial charge in [0.2, 0.25) is 0 Å². The third kappa shape index (κ3) is 8.04. The average Bonchev–Trinajstić information content (AvgIpc) is 2.88. The van der Waals surface area contributed by atoms with Crippen LogP contribution in [-0.2, 0) is 30.7 Å². The van der Waals surface area contributed by atoms with Gasteiger partial charge < -0.3 is 10.1 Å². The zero-order valence-electron chi connectivity index (χ0n) is 24.2. The average molecular weight is 550 g/mol. The second kappa shape index (κ2) is 12.8. The maximum atomic E-state index is 14.0. The first-order chi connectivity index (χ1) is 19.0. The van der Waals surface area contributed by atoms with Crippen molar-refractivity contribution < 1.29 is 18.3 Å². The summed E-state index contributed by atoms with van der Waals surface area (Å²) in [5.74, 6) is -0.509. The van der Waals surface area contributed by atoms with E-state index in [0.29, 0.717) is 38.5 Å². The lowest BCUT2D eigenvalue weighted by molar-refractivity contribution is 0.0493. The summed E-state index contributed by atoms with van der Waals surface area (Å²) in [5, 5.41) is 3.38. The molecule has 3 aromatic rings. The van der Waals surface area contributed by atoms with E-state index in [1.165, 1.54) is 18.2 Å². The van der Waals surface area contributed by atoms with Crippen molar-refractivity contribution in [1.82, 2.24) is 9.80 Å². The molecule has 1 unspecified atom stereocenters. The molecule has 4 rings (SSSR count). The van der Waals surface area contributed by atoms with Crippen LogP contribution in [0, 0.1) is 11.6 Å². The van der Waals surface area contributed by atoms with Gasteiger partial charge in [0.15, 0.2) is 0 Å². The number of amides is 1. The fourth-order valence-electron chi connectivity index (χ4n) is 5.15. The Kier molecular flexibility index (Phi) is 9.46. The first-order valence-corrected chi connectivity index (χ1v) is 14.0. The molecule has 5 nitrogen and oxygen atoms in total. The molecule has 0 fully saturated rings. The zero-order valence-corrected chi connectivity index (χ0v) is 24.2. The number of nitrogens with one attached hydrogen (secondary N) is 1. The third-order valence-corrected chi connectivity index (χ3v) is 7.28. The van der Waals surface area contributed by atoms with Gasteiger partial charge in [0.25, 0.3) is 0 Å². The maximum absolute atomic E-state index is 14.0. The Balaban J connectivity index is 1.41. The second-order valence-corrected chi connectivity index (χ2v) is 11.9. The minimum atomic E-state index is -0.425. The summed E-state index contributed by atoms with van der Waals surface area (Å²) in [7, 11) is 0. The minimum absolute atomic E-state index is 0.0788. The van der Waals surface area contributed by atoms with Gasteiger partial charge in [-0.05, 0) is 106 Å². The van der Waals surface area contributed by atoms with Crippen LogP contribution in [0.15, 0.2) is 66.7 Å². The molecule has 0 radical (unpaired) electrons. The van der Waals surface area contributed by atoms with Gasteiger partial charge in [-0.15, -0.1) is 0 Å². The molecule has 1 aliphatic rings. The summed E-state index contributed by atoms with van der Waals surface area (Å²) in [5.41, 5.74) is 4.74. The van der Waals surface area contributed by atoms with Crippen molar-refractivity contribution in [2.24, 2.45) is 0 Å². The molecule has 1 atom stereocenters. The second-order valence-electron chi connectivity index (χ2n) is 11.9. The van der Waals surface area contributed by atoms with E-state index in [-0.39, 0.29) is 30.4 Å². The molecule has 214 valence electrons. The number of hydrogen-bond donors (Lipinski definition) is 1. The van der Waals surface area contributed by atoms with Crippen LogP contribution in [0.1, 0.15) is 56.9 Å². The lowest BCUT2D eigenvalue weighted by Crippen LogP contribution is -2.47. The van der Waals surface area contributed by atoms with E-state index in [4.69, 9.17) is 4.74 Å². The number of fused-ring (bicyclic) bond motifs is 1. The van der Waals surface area contributed by atoms with Gasteiger partial charge in [-0.2, -0.15) is 0 Å².